The maximum Gasteiger partial charge on any atom is 0.202 e. The zero-order valence-corrected chi connectivity index (χ0v) is 10.0. The van der Waals surface area contributed by atoms with Gasteiger partial charge in [-0.25, -0.2) is 13.8 Å². The van der Waals surface area contributed by atoms with Gasteiger partial charge in [-0.05, 0) is 25.5 Å². The summed E-state index contributed by atoms with van der Waals surface area (Å²) in [4.78, 5) is 4.10. The molecule has 1 N–H and O–H groups in total. The van der Waals surface area contributed by atoms with Crippen LogP contribution in [-0.2, 0) is 6.42 Å². The van der Waals surface area contributed by atoms with Gasteiger partial charge in [-0.1, -0.05) is 6.07 Å². The lowest BCUT2D eigenvalue weighted by atomic mass is 10.1. The predicted octanol–water partition coefficient (Wildman–Crippen LogP) is 2.78. The third kappa shape index (κ3) is 2.97. The number of nitrogens with zero attached hydrogens (tertiary/aromatic N) is 2. The molecule has 2 aromatic rings. The van der Waals surface area contributed by atoms with Crippen molar-refractivity contribution >= 4 is 16.7 Å². The molecule has 0 bridgehead atoms. The third-order valence-corrected chi connectivity index (χ3v) is 3.00. The molecule has 2 rings (SSSR count). The van der Waals surface area contributed by atoms with E-state index in [4.69, 9.17) is 0 Å². The molecule has 6 heteroatoms. The van der Waals surface area contributed by atoms with E-state index in [1.54, 1.807) is 6.92 Å². The average Bonchev–Trinajstić information content (AvgIpc) is 2.69. The van der Waals surface area contributed by atoms with Crippen LogP contribution in [0.3, 0.4) is 0 Å². The number of hydrogen-bond acceptors (Lipinski definition) is 4. The lowest BCUT2D eigenvalue weighted by Crippen LogP contribution is -2.07. The van der Waals surface area contributed by atoms with Gasteiger partial charge in [0, 0.05) is 23.6 Å². The standard InChI is InChI=1S/C11H11F2N3S/c1-7-15-11(17-16-7)14-6-5-8-9(12)3-2-4-10(8)13/h2-4H,5-6H2,1H3,(H,14,15,16). The Balaban J connectivity index is 1.94. The van der Waals surface area contributed by atoms with Crippen molar-refractivity contribution < 1.29 is 8.78 Å². The van der Waals surface area contributed by atoms with Crippen molar-refractivity contribution in [3.8, 4) is 0 Å². The van der Waals surface area contributed by atoms with Crippen LogP contribution in [0.25, 0.3) is 0 Å². The van der Waals surface area contributed by atoms with Gasteiger partial charge in [0.05, 0.1) is 0 Å². The van der Waals surface area contributed by atoms with E-state index >= 15 is 0 Å². The molecule has 0 aliphatic heterocycles. The Labute approximate surface area is 102 Å². The van der Waals surface area contributed by atoms with Gasteiger partial charge in [0.25, 0.3) is 0 Å². The van der Waals surface area contributed by atoms with Crippen molar-refractivity contribution in [2.24, 2.45) is 0 Å². The maximum atomic E-state index is 13.3. The molecule has 0 spiro atoms. The molecule has 1 heterocycles. The summed E-state index contributed by atoms with van der Waals surface area (Å²) in [7, 11) is 0. The molecule has 0 aliphatic carbocycles. The van der Waals surface area contributed by atoms with Crippen molar-refractivity contribution in [2.45, 2.75) is 13.3 Å². The molecule has 0 fully saturated rings. The highest BCUT2D eigenvalue weighted by Gasteiger charge is 2.08. The first kappa shape index (κ1) is 11.9. The molecule has 90 valence electrons. The monoisotopic (exact) mass is 255 g/mol. The molecule has 0 unspecified atom stereocenters. The largest absolute Gasteiger partial charge is 0.360 e. The third-order valence-electron chi connectivity index (χ3n) is 2.24. The van der Waals surface area contributed by atoms with Gasteiger partial charge >= 0.3 is 0 Å². The normalized spacial score (nSPS) is 10.5. The van der Waals surface area contributed by atoms with Crippen LogP contribution in [0.1, 0.15) is 11.4 Å². The van der Waals surface area contributed by atoms with Gasteiger partial charge in [-0.2, -0.15) is 4.37 Å². The minimum atomic E-state index is -0.514. The highest BCUT2D eigenvalue weighted by atomic mass is 32.1. The highest BCUT2D eigenvalue weighted by molar-refractivity contribution is 7.09. The lowest BCUT2D eigenvalue weighted by Gasteiger charge is -2.05. The average molecular weight is 255 g/mol. The van der Waals surface area contributed by atoms with Gasteiger partial charge in [-0.15, -0.1) is 0 Å². The number of rotatable bonds is 4. The second-order valence-electron chi connectivity index (χ2n) is 3.52. The van der Waals surface area contributed by atoms with E-state index in [0.29, 0.717) is 17.5 Å². The van der Waals surface area contributed by atoms with Gasteiger partial charge in [0.1, 0.15) is 17.5 Å². The van der Waals surface area contributed by atoms with Gasteiger partial charge in [-0.3, -0.25) is 0 Å². The minimum Gasteiger partial charge on any atom is -0.360 e. The Morgan fingerprint density at radius 2 is 2.00 bits per heavy atom. The van der Waals surface area contributed by atoms with Crippen molar-refractivity contribution in [1.82, 2.24) is 9.36 Å². The lowest BCUT2D eigenvalue weighted by molar-refractivity contribution is 0.557. The van der Waals surface area contributed by atoms with Crippen molar-refractivity contribution in [1.29, 1.82) is 0 Å². The topological polar surface area (TPSA) is 37.8 Å². The Kier molecular flexibility index (Phi) is 3.63. The summed E-state index contributed by atoms with van der Waals surface area (Å²) >= 11 is 1.23. The van der Waals surface area contributed by atoms with E-state index in [0.717, 1.165) is 0 Å². The van der Waals surface area contributed by atoms with Crippen molar-refractivity contribution in [2.75, 3.05) is 11.9 Å². The van der Waals surface area contributed by atoms with E-state index in [2.05, 4.69) is 14.7 Å². The number of nitrogens with one attached hydrogen (secondary N) is 1. The van der Waals surface area contributed by atoms with E-state index in [1.807, 2.05) is 0 Å². The van der Waals surface area contributed by atoms with Crippen LogP contribution in [-0.4, -0.2) is 15.9 Å². The Morgan fingerprint density at radius 1 is 1.29 bits per heavy atom. The molecule has 0 aliphatic rings. The molecule has 0 atom stereocenters. The second kappa shape index (κ2) is 5.18. The number of halogens is 2. The van der Waals surface area contributed by atoms with Crippen LogP contribution in [0, 0.1) is 18.6 Å². The first-order chi connectivity index (χ1) is 8.16. The van der Waals surface area contributed by atoms with Crippen molar-refractivity contribution in [3.05, 3.63) is 41.2 Å². The van der Waals surface area contributed by atoms with Gasteiger partial charge in [0.2, 0.25) is 5.13 Å². The van der Waals surface area contributed by atoms with E-state index in [1.165, 1.54) is 29.7 Å². The zero-order chi connectivity index (χ0) is 12.3. The fourth-order valence-corrected chi connectivity index (χ4v) is 2.03. The quantitative estimate of drug-likeness (QED) is 0.912. The van der Waals surface area contributed by atoms with Crippen LogP contribution in [0.5, 0.6) is 0 Å². The van der Waals surface area contributed by atoms with Crippen LogP contribution >= 0.6 is 11.5 Å². The second-order valence-corrected chi connectivity index (χ2v) is 4.28. The summed E-state index contributed by atoms with van der Waals surface area (Å²) in [5, 5.41) is 3.65. The van der Waals surface area contributed by atoms with Gasteiger partial charge in [0.15, 0.2) is 0 Å². The summed E-state index contributed by atoms with van der Waals surface area (Å²) in [6, 6.07) is 3.87. The van der Waals surface area contributed by atoms with Crippen molar-refractivity contribution in [3.63, 3.8) is 0 Å². The van der Waals surface area contributed by atoms with E-state index in [9.17, 15) is 8.78 Å². The fourth-order valence-electron chi connectivity index (χ4n) is 1.43. The molecule has 1 aromatic carbocycles. The molecule has 0 saturated heterocycles. The molecular weight excluding hydrogens is 244 g/mol. The SMILES string of the molecule is Cc1nsc(NCCc2c(F)cccc2F)n1. The molecule has 3 nitrogen and oxygen atoms in total. The van der Waals surface area contributed by atoms with E-state index in [-0.39, 0.29) is 12.0 Å². The first-order valence-electron chi connectivity index (χ1n) is 5.14. The summed E-state index contributed by atoms with van der Waals surface area (Å²) in [6.07, 6.45) is 0.275. The Bertz CT molecular complexity index is 493. The number of benzene rings is 1. The van der Waals surface area contributed by atoms with E-state index < -0.39 is 11.6 Å². The first-order valence-corrected chi connectivity index (χ1v) is 5.91. The van der Waals surface area contributed by atoms with Crippen LogP contribution < -0.4 is 5.32 Å². The summed E-state index contributed by atoms with van der Waals surface area (Å²) < 4.78 is 30.6. The summed E-state index contributed by atoms with van der Waals surface area (Å²) in [5.74, 6) is -0.338. The summed E-state index contributed by atoms with van der Waals surface area (Å²) in [5.41, 5.74) is 0.0984. The molecular formula is C11H11F2N3S. The molecule has 0 saturated carbocycles. The number of aryl methyl sites for hydroxylation is 1. The molecule has 17 heavy (non-hydrogen) atoms. The van der Waals surface area contributed by atoms with Crippen LogP contribution in [0.15, 0.2) is 18.2 Å². The predicted molar refractivity (Wildman–Crippen MR) is 63.2 cm³/mol. The Morgan fingerprint density at radius 3 is 2.59 bits per heavy atom. The molecule has 0 radical (unpaired) electrons. The highest BCUT2D eigenvalue weighted by Crippen LogP contribution is 2.14. The Hall–Kier alpha value is -1.56. The maximum absolute atomic E-state index is 13.3. The minimum absolute atomic E-state index is 0.0984. The fraction of sp³-hybridized carbons (Fsp3) is 0.273. The zero-order valence-electron chi connectivity index (χ0n) is 9.20. The van der Waals surface area contributed by atoms with Crippen LogP contribution in [0.4, 0.5) is 13.9 Å². The molecule has 1 aromatic heterocycles. The molecule has 0 amide bonds. The van der Waals surface area contributed by atoms with Crippen LogP contribution in [0.2, 0.25) is 0 Å². The number of aromatic nitrogens is 2. The number of hydrogen-bond donors (Lipinski definition) is 1. The summed E-state index contributed by atoms with van der Waals surface area (Å²) in [6.45, 7) is 2.21. The number of anilines is 1. The smallest absolute Gasteiger partial charge is 0.202 e. The van der Waals surface area contributed by atoms with Gasteiger partial charge < -0.3 is 5.32 Å².